The summed E-state index contributed by atoms with van der Waals surface area (Å²) in [6, 6.07) is 16.4. The third-order valence-electron chi connectivity index (χ3n) is 6.96. The highest BCUT2D eigenvalue weighted by atomic mass is 16.5. The number of carboxylic acids is 1. The van der Waals surface area contributed by atoms with Gasteiger partial charge in [-0.05, 0) is 52.8 Å². The van der Waals surface area contributed by atoms with E-state index in [-0.39, 0.29) is 42.6 Å². The number of ether oxygens (including phenoxy) is 1. The predicted molar refractivity (Wildman–Crippen MR) is 133 cm³/mol. The van der Waals surface area contributed by atoms with Crippen molar-refractivity contribution in [3.05, 3.63) is 59.7 Å². The molecular weight excluding hydrogens is 444 g/mol. The van der Waals surface area contributed by atoms with Gasteiger partial charge in [0.2, 0.25) is 5.91 Å². The van der Waals surface area contributed by atoms with Gasteiger partial charge < -0.3 is 20.5 Å². The van der Waals surface area contributed by atoms with Gasteiger partial charge in [0, 0.05) is 25.4 Å². The van der Waals surface area contributed by atoms with Crippen LogP contribution in [0.3, 0.4) is 0 Å². The molecule has 3 atom stereocenters. The Bertz CT molecular complexity index is 1040. The molecule has 2 amide bonds. The van der Waals surface area contributed by atoms with Gasteiger partial charge in [-0.1, -0.05) is 62.4 Å². The van der Waals surface area contributed by atoms with Crippen molar-refractivity contribution >= 4 is 18.0 Å². The van der Waals surface area contributed by atoms with Gasteiger partial charge in [-0.3, -0.25) is 9.59 Å². The van der Waals surface area contributed by atoms with Crippen molar-refractivity contribution in [2.45, 2.75) is 39.0 Å². The molecule has 1 saturated carbocycles. The third-order valence-corrected chi connectivity index (χ3v) is 6.96. The van der Waals surface area contributed by atoms with Gasteiger partial charge in [-0.15, -0.1) is 0 Å². The predicted octanol–water partition coefficient (Wildman–Crippen LogP) is 4.41. The van der Waals surface area contributed by atoms with E-state index in [2.05, 4.69) is 48.7 Å². The van der Waals surface area contributed by atoms with Crippen LogP contribution in [0.15, 0.2) is 48.5 Å². The first-order valence-corrected chi connectivity index (χ1v) is 12.4. The van der Waals surface area contributed by atoms with Crippen LogP contribution < -0.4 is 10.6 Å². The summed E-state index contributed by atoms with van der Waals surface area (Å²) in [4.78, 5) is 35.9. The number of alkyl carbamates (subject to hydrolysis) is 1. The number of hydrogen-bond acceptors (Lipinski definition) is 4. The average molecular weight is 479 g/mol. The first-order valence-electron chi connectivity index (χ1n) is 12.4. The van der Waals surface area contributed by atoms with E-state index in [1.54, 1.807) is 0 Å². The van der Waals surface area contributed by atoms with Gasteiger partial charge in [-0.2, -0.15) is 0 Å². The molecule has 0 aliphatic heterocycles. The maximum absolute atomic E-state index is 12.5. The molecule has 3 unspecified atom stereocenters. The van der Waals surface area contributed by atoms with E-state index in [1.807, 2.05) is 24.3 Å². The highest BCUT2D eigenvalue weighted by molar-refractivity contribution is 5.79. The summed E-state index contributed by atoms with van der Waals surface area (Å²) < 4.78 is 5.62. The number of carbonyl (C=O) groups excluding carboxylic acids is 2. The van der Waals surface area contributed by atoms with Crippen molar-refractivity contribution in [2.75, 3.05) is 19.7 Å². The minimum atomic E-state index is -0.797. The van der Waals surface area contributed by atoms with Crippen LogP contribution in [0.25, 0.3) is 11.1 Å². The second-order valence-electron chi connectivity index (χ2n) is 10.2. The van der Waals surface area contributed by atoms with Crippen LogP contribution in [-0.2, 0) is 14.3 Å². The number of fused-ring (bicyclic) bond motifs is 3. The number of carboxylic acid groups (broad SMARTS) is 1. The van der Waals surface area contributed by atoms with Crippen molar-refractivity contribution in [1.82, 2.24) is 10.6 Å². The van der Waals surface area contributed by atoms with Crippen molar-refractivity contribution < 1.29 is 24.2 Å². The highest BCUT2D eigenvalue weighted by Crippen LogP contribution is 2.44. The number of nitrogens with one attached hydrogen (secondary N) is 2. The van der Waals surface area contributed by atoms with Crippen molar-refractivity contribution in [2.24, 2.45) is 23.7 Å². The van der Waals surface area contributed by atoms with Crippen LogP contribution >= 0.6 is 0 Å². The molecule has 0 bridgehead atoms. The van der Waals surface area contributed by atoms with Crippen molar-refractivity contribution in [3.63, 3.8) is 0 Å². The maximum atomic E-state index is 12.5. The number of hydrogen-bond donors (Lipinski definition) is 3. The number of rotatable bonds is 11. The highest BCUT2D eigenvalue weighted by Gasteiger charge is 2.43. The van der Waals surface area contributed by atoms with Crippen LogP contribution in [0.4, 0.5) is 4.79 Å². The van der Waals surface area contributed by atoms with E-state index in [9.17, 15) is 14.4 Å². The fourth-order valence-corrected chi connectivity index (χ4v) is 5.14. The molecule has 0 aromatic heterocycles. The quantitative estimate of drug-likeness (QED) is 0.444. The Hall–Kier alpha value is -3.35. The van der Waals surface area contributed by atoms with Crippen LogP contribution in [0.5, 0.6) is 0 Å². The monoisotopic (exact) mass is 478 g/mol. The Morgan fingerprint density at radius 1 is 1.00 bits per heavy atom. The van der Waals surface area contributed by atoms with E-state index < -0.39 is 12.1 Å². The van der Waals surface area contributed by atoms with Gasteiger partial charge >= 0.3 is 12.1 Å². The molecule has 0 heterocycles. The zero-order valence-electron chi connectivity index (χ0n) is 20.3. The first-order chi connectivity index (χ1) is 16.8. The molecule has 2 aliphatic rings. The Morgan fingerprint density at radius 3 is 2.20 bits per heavy atom. The second-order valence-corrected chi connectivity index (χ2v) is 10.2. The smallest absolute Gasteiger partial charge is 0.407 e. The SMILES string of the molecule is CC(C)CC(CNC(=O)OCC1c2ccccc2-c2ccccc21)CC(=O)NCC1CC1C(=O)O. The molecule has 186 valence electrons. The fourth-order valence-electron chi connectivity index (χ4n) is 5.14. The van der Waals surface area contributed by atoms with Gasteiger partial charge in [0.05, 0.1) is 5.92 Å². The molecule has 3 N–H and O–H groups in total. The summed E-state index contributed by atoms with van der Waals surface area (Å²) >= 11 is 0. The first kappa shape index (κ1) is 24.8. The normalized spacial score (nSPS) is 18.9. The summed E-state index contributed by atoms with van der Waals surface area (Å²) in [6.07, 6.45) is 1.21. The van der Waals surface area contributed by atoms with Crippen LogP contribution in [0.1, 0.15) is 50.2 Å². The van der Waals surface area contributed by atoms with Crippen molar-refractivity contribution in [1.29, 1.82) is 0 Å². The van der Waals surface area contributed by atoms with E-state index in [1.165, 1.54) is 11.1 Å². The number of carbonyl (C=O) groups is 3. The van der Waals surface area contributed by atoms with Crippen LogP contribution in [0, 0.1) is 23.7 Å². The van der Waals surface area contributed by atoms with E-state index in [0.29, 0.717) is 25.4 Å². The summed E-state index contributed by atoms with van der Waals surface area (Å²) in [5, 5.41) is 14.7. The summed E-state index contributed by atoms with van der Waals surface area (Å²) in [5.41, 5.74) is 4.69. The topological polar surface area (TPSA) is 105 Å². The third kappa shape index (κ3) is 6.21. The fraction of sp³-hybridized carbons (Fsp3) is 0.464. The summed E-state index contributed by atoms with van der Waals surface area (Å²) in [6.45, 7) is 5.16. The van der Waals surface area contributed by atoms with E-state index >= 15 is 0 Å². The number of aliphatic carboxylic acids is 1. The standard InChI is InChI=1S/C28H34N2O5/c1-17(2)11-18(12-26(31)29-15-19-13-24(19)27(32)33)14-30-28(34)35-16-25-22-9-5-3-7-20(22)21-8-4-6-10-23(21)25/h3-10,17-19,24-25H,11-16H2,1-2H3,(H,29,31)(H,30,34)(H,32,33). The molecule has 35 heavy (non-hydrogen) atoms. The zero-order valence-corrected chi connectivity index (χ0v) is 20.3. The van der Waals surface area contributed by atoms with Gasteiger partial charge in [0.15, 0.2) is 0 Å². The average Bonchev–Trinajstić information content (AvgIpc) is 3.55. The van der Waals surface area contributed by atoms with Gasteiger partial charge in [0.1, 0.15) is 6.61 Å². The Morgan fingerprint density at radius 2 is 1.63 bits per heavy atom. The molecule has 1 fully saturated rings. The van der Waals surface area contributed by atoms with E-state index in [4.69, 9.17) is 9.84 Å². The molecule has 7 nitrogen and oxygen atoms in total. The zero-order chi connectivity index (χ0) is 24.9. The minimum Gasteiger partial charge on any atom is -0.481 e. The molecule has 0 spiro atoms. The van der Waals surface area contributed by atoms with Gasteiger partial charge in [0.25, 0.3) is 0 Å². The Balaban J connectivity index is 1.26. The Kier molecular flexibility index (Phi) is 7.73. The second kappa shape index (κ2) is 10.9. The van der Waals surface area contributed by atoms with Gasteiger partial charge in [-0.25, -0.2) is 4.79 Å². The minimum absolute atomic E-state index is 0.00226. The summed E-state index contributed by atoms with van der Waals surface area (Å²) in [7, 11) is 0. The lowest BCUT2D eigenvalue weighted by molar-refractivity contribution is -0.139. The molecule has 0 saturated heterocycles. The molecule has 4 rings (SSSR count). The lowest BCUT2D eigenvalue weighted by Crippen LogP contribution is -2.35. The maximum Gasteiger partial charge on any atom is 0.407 e. The van der Waals surface area contributed by atoms with Crippen LogP contribution in [0.2, 0.25) is 0 Å². The molecule has 0 radical (unpaired) electrons. The number of amides is 2. The molecular formula is C28H34N2O5. The molecule has 7 heteroatoms. The summed E-state index contributed by atoms with van der Waals surface area (Å²) in [5.74, 6) is -0.865. The largest absolute Gasteiger partial charge is 0.481 e. The van der Waals surface area contributed by atoms with Crippen LogP contribution in [-0.4, -0.2) is 42.8 Å². The van der Waals surface area contributed by atoms with E-state index in [0.717, 1.165) is 17.5 Å². The molecule has 2 aromatic carbocycles. The van der Waals surface area contributed by atoms with Crippen molar-refractivity contribution in [3.8, 4) is 11.1 Å². The lowest BCUT2D eigenvalue weighted by atomic mass is 9.93. The Labute approximate surface area is 206 Å². The molecule has 2 aliphatic carbocycles. The lowest BCUT2D eigenvalue weighted by Gasteiger charge is -2.20. The number of benzene rings is 2. The molecule has 2 aromatic rings.